The molecule has 0 radical (unpaired) electrons. The van der Waals surface area contributed by atoms with E-state index in [1.54, 1.807) is 39.0 Å². The van der Waals surface area contributed by atoms with Crippen LogP contribution in [-0.2, 0) is 36.6 Å². The molecule has 4 aromatic rings. The van der Waals surface area contributed by atoms with Crippen LogP contribution in [0.2, 0.25) is 0 Å². The Morgan fingerprint density at radius 1 is 0.864 bits per heavy atom. The van der Waals surface area contributed by atoms with Gasteiger partial charge in [-0.3, -0.25) is 10.1 Å². The Morgan fingerprint density at radius 3 is 2.08 bits per heavy atom. The number of nitrogens with one attached hydrogen (secondary N) is 1. The van der Waals surface area contributed by atoms with Crippen molar-refractivity contribution in [2.75, 3.05) is 26.2 Å². The second-order valence-electron chi connectivity index (χ2n) is 15.1. The summed E-state index contributed by atoms with van der Waals surface area (Å²) in [5, 5.41) is 14.7. The number of ether oxygens (including phenoxy) is 2. The smallest absolute Gasteiger partial charge is 0.408 e. The van der Waals surface area contributed by atoms with Gasteiger partial charge in [0, 0.05) is 37.2 Å². The van der Waals surface area contributed by atoms with E-state index in [9.17, 15) is 46.1 Å². The molecule has 312 valence electrons. The second-order valence-corrected chi connectivity index (χ2v) is 19.8. The van der Waals surface area contributed by atoms with Crippen LogP contribution in [0, 0.1) is 10.1 Å². The lowest BCUT2D eigenvalue weighted by Crippen LogP contribution is -2.60. The van der Waals surface area contributed by atoms with Crippen LogP contribution in [0.5, 0.6) is 0 Å². The Morgan fingerprint density at radius 2 is 1.46 bits per heavy atom. The number of para-hydroxylation sites is 1. The number of halogens is 1. The fourth-order valence-electron chi connectivity index (χ4n) is 7.70. The van der Waals surface area contributed by atoms with Crippen molar-refractivity contribution in [3.05, 3.63) is 131 Å². The predicted molar refractivity (Wildman–Crippen MR) is 213 cm³/mol. The fourth-order valence-corrected chi connectivity index (χ4v) is 11.2. The summed E-state index contributed by atoms with van der Waals surface area (Å²) in [4.78, 5) is 65.5. The van der Waals surface area contributed by atoms with Crippen LogP contribution in [0.3, 0.4) is 0 Å². The summed E-state index contributed by atoms with van der Waals surface area (Å²) in [5.74, 6) is -0.805. The first-order chi connectivity index (χ1) is 27.7. The van der Waals surface area contributed by atoms with E-state index < -0.39 is 115 Å². The van der Waals surface area contributed by atoms with Gasteiger partial charge in [0.15, 0.2) is 4.90 Å². The molecule has 7 rings (SSSR count). The van der Waals surface area contributed by atoms with Crippen LogP contribution in [0.25, 0.3) is 0 Å². The molecule has 0 aliphatic carbocycles. The summed E-state index contributed by atoms with van der Waals surface area (Å²) in [7, 11) is -8.06. The van der Waals surface area contributed by atoms with Crippen molar-refractivity contribution in [2.45, 2.75) is 60.3 Å². The zero-order valence-electron chi connectivity index (χ0n) is 31.9. The first kappa shape index (κ1) is 41.7. The van der Waals surface area contributed by atoms with Gasteiger partial charge in [-0.25, -0.2) is 49.9 Å². The molecule has 22 heteroatoms. The number of hydrogen-bond donors (Lipinski definition) is 1. The summed E-state index contributed by atoms with van der Waals surface area (Å²) < 4.78 is 74.9. The summed E-state index contributed by atoms with van der Waals surface area (Å²) >= 11 is 3.31. The molecular formula is C37H38BrN7O12S2. The molecule has 0 saturated carbocycles. The average Bonchev–Trinajstić information content (AvgIpc) is 3.68. The zero-order chi connectivity index (χ0) is 42.8. The Bertz CT molecular complexity index is 2740. The van der Waals surface area contributed by atoms with Crippen LogP contribution < -0.4 is 16.7 Å². The lowest BCUT2D eigenvalue weighted by Gasteiger charge is -2.44. The van der Waals surface area contributed by atoms with E-state index in [0.29, 0.717) is 4.47 Å². The number of nitro groups is 1. The highest BCUT2D eigenvalue weighted by molar-refractivity contribution is 9.10. The number of amides is 1. The second kappa shape index (κ2) is 15.3. The molecule has 1 amide bonds. The lowest BCUT2D eigenvalue weighted by atomic mass is 9.86. The van der Waals surface area contributed by atoms with Crippen LogP contribution in [-0.4, -0.2) is 100 Å². The number of rotatable bonds is 9. The number of carbonyl (C=O) groups is 2. The molecule has 59 heavy (non-hydrogen) atoms. The predicted octanol–water partition coefficient (Wildman–Crippen LogP) is 2.94. The number of nitro benzene ring substituents is 1. The molecule has 4 heterocycles. The van der Waals surface area contributed by atoms with Crippen molar-refractivity contribution < 1.29 is 40.8 Å². The number of piperidine rings is 1. The number of benzene rings is 3. The van der Waals surface area contributed by atoms with Gasteiger partial charge in [0.25, 0.3) is 5.69 Å². The third-order valence-corrected chi connectivity index (χ3v) is 14.5. The minimum Gasteiger partial charge on any atom is -0.460 e. The highest BCUT2D eigenvalue weighted by Gasteiger charge is 2.55. The van der Waals surface area contributed by atoms with Crippen molar-refractivity contribution in [1.82, 2.24) is 27.9 Å². The molecular weight excluding hydrogens is 878 g/mol. The van der Waals surface area contributed by atoms with Gasteiger partial charge in [0.05, 0.1) is 39.5 Å². The van der Waals surface area contributed by atoms with Gasteiger partial charge >= 0.3 is 23.4 Å². The van der Waals surface area contributed by atoms with Gasteiger partial charge in [0.1, 0.15) is 12.2 Å². The molecule has 19 nitrogen and oxygen atoms in total. The molecule has 0 bridgehead atoms. The van der Waals surface area contributed by atoms with E-state index in [0.717, 1.165) is 34.7 Å². The van der Waals surface area contributed by atoms with Crippen molar-refractivity contribution in [1.29, 1.82) is 0 Å². The third-order valence-electron chi connectivity index (χ3n) is 10.2. The van der Waals surface area contributed by atoms with Crippen molar-refractivity contribution in [3.8, 4) is 0 Å². The maximum Gasteiger partial charge on any atom is 0.408 e. The number of esters is 1. The standard InChI is InChI=1S/C37H38BrN7O12S2/c1-37(2,3)57-34(47)39-27-20-41(59(54,55)30-13-9-8-12-28(30)45(50)51)18-25-26-19-42(58(52,53)24-16-14-23(38)15-17-24)29(21-56-33(46)22-10-6-5-7-11-22)32(26)44-36(49)40(4)35(48)43(44)31(25)27/h5-17,27,29,31-32H,18-21H2,1-4H3,(H,39,47)/t27-,29+,31+,32-/m0/s1. The Hall–Kier alpha value is -5.42. The minimum atomic E-state index is -4.77. The van der Waals surface area contributed by atoms with E-state index in [2.05, 4.69) is 21.2 Å². The quantitative estimate of drug-likeness (QED) is 0.111. The average molecular weight is 917 g/mol. The Balaban J connectivity index is 1.45. The topological polar surface area (TPSA) is 231 Å². The molecule has 2 fully saturated rings. The maximum absolute atomic E-state index is 14.6. The van der Waals surface area contributed by atoms with Gasteiger partial charge in [-0.1, -0.05) is 46.3 Å². The molecule has 0 unspecified atom stereocenters. The fraction of sp³-hybridized carbons (Fsp3) is 0.351. The first-order valence-electron chi connectivity index (χ1n) is 18.1. The monoisotopic (exact) mass is 915 g/mol. The summed E-state index contributed by atoms with van der Waals surface area (Å²) in [6.07, 6.45) is -1.01. The minimum absolute atomic E-state index is 0.130. The van der Waals surface area contributed by atoms with Crippen LogP contribution in [0.15, 0.2) is 114 Å². The molecule has 3 aliphatic rings. The molecule has 4 atom stereocenters. The van der Waals surface area contributed by atoms with E-state index >= 15 is 0 Å². The lowest BCUT2D eigenvalue weighted by molar-refractivity contribution is -0.387. The summed E-state index contributed by atoms with van der Waals surface area (Å²) in [6, 6.07) is 12.9. The highest BCUT2D eigenvalue weighted by Crippen LogP contribution is 2.47. The molecule has 1 aromatic heterocycles. The number of aromatic nitrogens is 3. The molecule has 1 N–H and O–H groups in total. The van der Waals surface area contributed by atoms with Gasteiger partial charge in [0.2, 0.25) is 20.0 Å². The van der Waals surface area contributed by atoms with Crippen LogP contribution >= 0.6 is 15.9 Å². The van der Waals surface area contributed by atoms with Gasteiger partial charge in [-0.15, -0.1) is 0 Å². The first-order valence-corrected chi connectivity index (χ1v) is 21.7. The van der Waals surface area contributed by atoms with Gasteiger partial charge < -0.3 is 14.8 Å². The number of alkyl carbamates (subject to hydrolysis) is 1. The van der Waals surface area contributed by atoms with Crippen molar-refractivity contribution in [3.63, 3.8) is 0 Å². The van der Waals surface area contributed by atoms with Crippen LogP contribution in [0.1, 0.15) is 43.2 Å². The molecule has 0 spiro atoms. The van der Waals surface area contributed by atoms with E-state index in [-0.39, 0.29) is 21.6 Å². The van der Waals surface area contributed by atoms with E-state index in [1.165, 1.54) is 55.6 Å². The SMILES string of the molecule is Cn1c(=O)n2n(c1=O)[C@H]1C(=C3CN(S(=O)(=O)c4ccccc4[N+](=O)[O-])C[C@H](NC(=O)OC(C)(C)C)[C@@H]32)CN(S(=O)(=O)c2ccc(Br)cc2)[C@@H]1COC(=O)c1ccccc1. The number of sulfonamides is 2. The summed E-state index contributed by atoms with van der Waals surface area (Å²) in [5.41, 5.74) is -3.03. The number of hydrogen-bond acceptors (Lipinski definition) is 12. The molecule has 2 saturated heterocycles. The van der Waals surface area contributed by atoms with E-state index in [4.69, 9.17) is 9.47 Å². The van der Waals surface area contributed by atoms with Gasteiger partial charge in [-0.05, 0) is 74.4 Å². The number of carbonyl (C=O) groups excluding carboxylic acids is 2. The largest absolute Gasteiger partial charge is 0.460 e. The molecule has 3 aliphatic heterocycles. The highest BCUT2D eigenvalue weighted by atomic mass is 79.9. The maximum atomic E-state index is 14.6. The number of fused-ring (bicyclic) bond motifs is 5. The zero-order valence-corrected chi connectivity index (χ0v) is 35.1. The van der Waals surface area contributed by atoms with E-state index in [1.807, 2.05) is 0 Å². The van der Waals surface area contributed by atoms with Crippen molar-refractivity contribution in [2.24, 2.45) is 7.05 Å². The third kappa shape index (κ3) is 7.54. The van der Waals surface area contributed by atoms with Crippen molar-refractivity contribution >= 4 is 53.7 Å². The normalized spacial score (nSPS) is 21.0. The molecule has 3 aromatic carbocycles. The van der Waals surface area contributed by atoms with Crippen LogP contribution in [0.4, 0.5) is 10.5 Å². The Labute approximate surface area is 345 Å². The van der Waals surface area contributed by atoms with Gasteiger partial charge in [-0.2, -0.15) is 8.61 Å². The summed E-state index contributed by atoms with van der Waals surface area (Å²) in [6.45, 7) is 2.59. The Kier molecular flexibility index (Phi) is 10.8. The number of nitrogens with zero attached hydrogens (tertiary/aromatic N) is 6.